The van der Waals surface area contributed by atoms with Crippen LogP contribution in [-0.2, 0) is 6.42 Å². The van der Waals surface area contributed by atoms with Gasteiger partial charge in [-0.05, 0) is 43.5 Å². The van der Waals surface area contributed by atoms with Gasteiger partial charge in [0.05, 0.1) is 0 Å². The van der Waals surface area contributed by atoms with Crippen LogP contribution in [-0.4, -0.2) is 19.3 Å². The van der Waals surface area contributed by atoms with Crippen LogP contribution in [0.1, 0.15) is 31.0 Å². The Kier molecular flexibility index (Phi) is 4.64. The molecule has 0 amide bonds. The van der Waals surface area contributed by atoms with E-state index in [1.807, 2.05) is 6.07 Å². The van der Waals surface area contributed by atoms with Gasteiger partial charge >= 0.3 is 0 Å². The minimum atomic E-state index is 0.273. The third kappa shape index (κ3) is 3.60. The van der Waals surface area contributed by atoms with Crippen molar-refractivity contribution in [2.45, 2.75) is 32.4 Å². The standard InChI is InChI=1S/C19H23NO2/c1-14(12-16-6-4-3-5-7-16)20-15(2)17-8-9-18-19(13-17)22-11-10-21-18/h3-9,13-15,20H,10-12H2,1-2H3/t14-,15?/m1/s1. The molecule has 0 aromatic heterocycles. The highest BCUT2D eigenvalue weighted by Gasteiger charge is 2.15. The van der Waals surface area contributed by atoms with E-state index in [2.05, 4.69) is 61.6 Å². The van der Waals surface area contributed by atoms with Crippen molar-refractivity contribution < 1.29 is 9.47 Å². The SMILES string of the molecule is CC(N[C@H](C)Cc1ccccc1)c1ccc2c(c1)OCCO2. The van der Waals surface area contributed by atoms with Gasteiger partial charge in [-0.1, -0.05) is 36.4 Å². The highest BCUT2D eigenvalue weighted by Crippen LogP contribution is 2.32. The van der Waals surface area contributed by atoms with Crippen LogP contribution in [0.15, 0.2) is 48.5 Å². The maximum atomic E-state index is 5.66. The lowest BCUT2D eigenvalue weighted by Crippen LogP contribution is -2.30. The second kappa shape index (κ2) is 6.84. The molecule has 1 aliphatic heterocycles. The maximum Gasteiger partial charge on any atom is 0.161 e. The minimum Gasteiger partial charge on any atom is -0.486 e. The predicted octanol–water partition coefficient (Wildman–Crippen LogP) is 3.74. The topological polar surface area (TPSA) is 30.5 Å². The summed E-state index contributed by atoms with van der Waals surface area (Å²) in [6.45, 7) is 5.67. The molecular formula is C19H23NO2. The molecule has 2 aromatic carbocycles. The Labute approximate surface area is 132 Å². The summed E-state index contributed by atoms with van der Waals surface area (Å²) in [5.41, 5.74) is 2.58. The Hall–Kier alpha value is -2.00. The summed E-state index contributed by atoms with van der Waals surface area (Å²) in [6, 6.07) is 17.5. The molecule has 3 rings (SSSR count). The number of fused-ring (bicyclic) bond motifs is 1. The lowest BCUT2D eigenvalue weighted by molar-refractivity contribution is 0.171. The van der Waals surface area contributed by atoms with E-state index in [-0.39, 0.29) is 6.04 Å². The van der Waals surface area contributed by atoms with Crippen molar-refractivity contribution in [3.8, 4) is 11.5 Å². The highest BCUT2D eigenvalue weighted by atomic mass is 16.6. The summed E-state index contributed by atoms with van der Waals surface area (Å²) in [5, 5.41) is 3.66. The summed E-state index contributed by atoms with van der Waals surface area (Å²) in [7, 11) is 0. The smallest absolute Gasteiger partial charge is 0.161 e. The van der Waals surface area contributed by atoms with Crippen LogP contribution in [0.25, 0.3) is 0 Å². The molecule has 0 fully saturated rings. The first-order valence-electron chi connectivity index (χ1n) is 7.92. The van der Waals surface area contributed by atoms with Crippen molar-refractivity contribution in [1.29, 1.82) is 0 Å². The maximum absolute atomic E-state index is 5.66. The molecule has 3 nitrogen and oxygen atoms in total. The molecule has 2 aromatic rings. The molecule has 0 saturated carbocycles. The average Bonchev–Trinajstić information content (AvgIpc) is 2.55. The van der Waals surface area contributed by atoms with Gasteiger partial charge in [0.2, 0.25) is 0 Å². The van der Waals surface area contributed by atoms with E-state index in [0.29, 0.717) is 19.3 Å². The quantitative estimate of drug-likeness (QED) is 0.912. The molecule has 22 heavy (non-hydrogen) atoms. The van der Waals surface area contributed by atoms with E-state index in [0.717, 1.165) is 17.9 Å². The fraction of sp³-hybridized carbons (Fsp3) is 0.368. The number of rotatable bonds is 5. The molecule has 1 unspecified atom stereocenters. The lowest BCUT2D eigenvalue weighted by atomic mass is 10.0. The molecule has 3 heteroatoms. The van der Waals surface area contributed by atoms with Crippen LogP contribution in [0, 0.1) is 0 Å². The molecule has 1 N–H and O–H groups in total. The number of hydrogen-bond donors (Lipinski definition) is 1. The van der Waals surface area contributed by atoms with E-state index >= 15 is 0 Å². The zero-order chi connectivity index (χ0) is 15.4. The molecule has 0 bridgehead atoms. The van der Waals surface area contributed by atoms with Gasteiger partial charge in [-0.15, -0.1) is 0 Å². The van der Waals surface area contributed by atoms with Gasteiger partial charge in [-0.2, -0.15) is 0 Å². The second-order valence-corrected chi connectivity index (χ2v) is 5.88. The van der Waals surface area contributed by atoms with E-state index in [4.69, 9.17) is 9.47 Å². The van der Waals surface area contributed by atoms with Crippen LogP contribution in [0.3, 0.4) is 0 Å². The predicted molar refractivity (Wildman–Crippen MR) is 88.6 cm³/mol. The molecule has 0 saturated heterocycles. The molecule has 0 radical (unpaired) electrons. The van der Waals surface area contributed by atoms with E-state index in [1.54, 1.807) is 0 Å². The molecular weight excluding hydrogens is 274 g/mol. The number of benzene rings is 2. The van der Waals surface area contributed by atoms with E-state index in [1.165, 1.54) is 11.1 Å². The first-order chi connectivity index (χ1) is 10.7. The van der Waals surface area contributed by atoms with Gasteiger partial charge < -0.3 is 14.8 Å². The molecule has 1 heterocycles. The van der Waals surface area contributed by atoms with Crippen LogP contribution in [0.4, 0.5) is 0 Å². The minimum absolute atomic E-state index is 0.273. The number of hydrogen-bond acceptors (Lipinski definition) is 3. The van der Waals surface area contributed by atoms with Gasteiger partial charge in [0.1, 0.15) is 13.2 Å². The van der Waals surface area contributed by atoms with Crippen LogP contribution < -0.4 is 14.8 Å². The molecule has 2 atom stereocenters. The number of nitrogens with one attached hydrogen (secondary N) is 1. The van der Waals surface area contributed by atoms with E-state index < -0.39 is 0 Å². The average molecular weight is 297 g/mol. The largest absolute Gasteiger partial charge is 0.486 e. The van der Waals surface area contributed by atoms with Crippen LogP contribution in [0.2, 0.25) is 0 Å². The van der Waals surface area contributed by atoms with Crippen LogP contribution in [0.5, 0.6) is 11.5 Å². The monoisotopic (exact) mass is 297 g/mol. The Morgan fingerprint density at radius 3 is 2.45 bits per heavy atom. The first-order valence-corrected chi connectivity index (χ1v) is 7.92. The first kappa shape index (κ1) is 14.9. The van der Waals surface area contributed by atoms with Crippen molar-refractivity contribution in [2.75, 3.05) is 13.2 Å². The van der Waals surface area contributed by atoms with Crippen molar-refractivity contribution in [3.05, 3.63) is 59.7 Å². The van der Waals surface area contributed by atoms with E-state index in [9.17, 15) is 0 Å². The zero-order valence-electron chi connectivity index (χ0n) is 13.2. The molecule has 0 spiro atoms. The normalized spacial score (nSPS) is 16.1. The number of ether oxygens (including phenoxy) is 2. The third-order valence-corrected chi connectivity index (χ3v) is 3.99. The Bertz CT molecular complexity index is 612. The second-order valence-electron chi connectivity index (χ2n) is 5.88. The van der Waals surface area contributed by atoms with Crippen molar-refractivity contribution in [3.63, 3.8) is 0 Å². The fourth-order valence-electron chi connectivity index (χ4n) is 2.88. The van der Waals surface area contributed by atoms with Crippen molar-refractivity contribution in [2.24, 2.45) is 0 Å². The summed E-state index contributed by atoms with van der Waals surface area (Å²) < 4.78 is 11.2. The van der Waals surface area contributed by atoms with Gasteiger partial charge in [0.15, 0.2) is 11.5 Å². The Morgan fingerprint density at radius 1 is 0.955 bits per heavy atom. The summed E-state index contributed by atoms with van der Waals surface area (Å²) >= 11 is 0. The van der Waals surface area contributed by atoms with Gasteiger partial charge in [-0.25, -0.2) is 0 Å². The third-order valence-electron chi connectivity index (χ3n) is 3.99. The Morgan fingerprint density at radius 2 is 1.68 bits per heavy atom. The summed E-state index contributed by atoms with van der Waals surface area (Å²) in [6.07, 6.45) is 1.02. The van der Waals surface area contributed by atoms with Crippen molar-refractivity contribution in [1.82, 2.24) is 5.32 Å². The van der Waals surface area contributed by atoms with Crippen LogP contribution >= 0.6 is 0 Å². The van der Waals surface area contributed by atoms with Gasteiger partial charge in [-0.3, -0.25) is 0 Å². The molecule has 116 valence electrons. The summed E-state index contributed by atoms with van der Waals surface area (Å²) in [5.74, 6) is 1.70. The molecule has 0 aliphatic carbocycles. The molecule has 1 aliphatic rings. The fourth-order valence-corrected chi connectivity index (χ4v) is 2.88. The zero-order valence-corrected chi connectivity index (χ0v) is 13.2. The Balaban J connectivity index is 1.62. The van der Waals surface area contributed by atoms with Gasteiger partial charge in [0.25, 0.3) is 0 Å². The van der Waals surface area contributed by atoms with Gasteiger partial charge in [0, 0.05) is 12.1 Å². The highest BCUT2D eigenvalue weighted by molar-refractivity contribution is 5.44. The lowest BCUT2D eigenvalue weighted by Gasteiger charge is -2.23. The summed E-state index contributed by atoms with van der Waals surface area (Å²) in [4.78, 5) is 0. The van der Waals surface area contributed by atoms with Crippen molar-refractivity contribution >= 4 is 0 Å².